The lowest BCUT2D eigenvalue weighted by Gasteiger charge is -2.18. The summed E-state index contributed by atoms with van der Waals surface area (Å²) in [5.41, 5.74) is 7.74. The normalized spacial score (nSPS) is 17.5. The van der Waals surface area contributed by atoms with Crippen LogP contribution in [0.1, 0.15) is 33.6 Å². The Bertz CT molecular complexity index is 489. The average molecular weight is 304 g/mol. The van der Waals surface area contributed by atoms with E-state index in [-0.39, 0.29) is 5.91 Å². The first-order chi connectivity index (χ1) is 10.5. The van der Waals surface area contributed by atoms with Crippen LogP contribution >= 0.6 is 0 Å². The summed E-state index contributed by atoms with van der Waals surface area (Å²) in [6.07, 6.45) is 9.44. The van der Waals surface area contributed by atoms with Crippen LogP contribution in [0.15, 0.2) is 40.6 Å². The van der Waals surface area contributed by atoms with E-state index in [0.29, 0.717) is 13.1 Å². The van der Waals surface area contributed by atoms with Crippen molar-refractivity contribution >= 4 is 11.7 Å². The van der Waals surface area contributed by atoms with Gasteiger partial charge in [0.05, 0.1) is 12.4 Å². The number of nitrogens with zero attached hydrogens (tertiary/aromatic N) is 2. The monoisotopic (exact) mass is 304 g/mol. The molecule has 0 radical (unpaired) electrons. The van der Waals surface area contributed by atoms with Gasteiger partial charge in [-0.15, -0.1) is 0 Å². The molecule has 1 aliphatic heterocycles. The molecule has 1 rings (SSSR count). The number of amidine groups is 1. The predicted molar refractivity (Wildman–Crippen MR) is 92.6 cm³/mol. The summed E-state index contributed by atoms with van der Waals surface area (Å²) in [6.45, 7) is 8.71. The van der Waals surface area contributed by atoms with Gasteiger partial charge < -0.3 is 16.0 Å². The molecule has 3 N–H and O–H groups in total. The Labute approximate surface area is 133 Å². The third-order valence-electron chi connectivity index (χ3n) is 3.46. The molecule has 122 valence electrons. The molecule has 0 saturated heterocycles. The van der Waals surface area contributed by atoms with E-state index in [0.717, 1.165) is 37.3 Å². The number of hydrogen-bond donors (Lipinski definition) is 2. The highest BCUT2D eigenvalue weighted by molar-refractivity contribution is 5.88. The van der Waals surface area contributed by atoms with Crippen LogP contribution in [0, 0.1) is 0 Å². The van der Waals surface area contributed by atoms with Crippen LogP contribution in [0.4, 0.5) is 0 Å². The number of rotatable bonds is 5. The van der Waals surface area contributed by atoms with Gasteiger partial charge in [0, 0.05) is 31.9 Å². The average Bonchev–Trinajstić information content (AvgIpc) is 2.73. The van der Waals surface area contributed by atoms with Crippen molar-refractivity contribution in [3.8, 4) is 0 Å². The Balaban J connectivity index is 2.47. The van der Waals surface area contributed by atoms with Crippen molar-refractivity contribution in [3.05, 3.63) is 35.6 Å². The summed E-state index contributed by atoms with van der Waals surface area (Å²) in [4.78, 5) is 18.3. The molecule has 0 aromatic heterocycles. The highest BCUT2D eigenvalue weighted by Crippen LogP contribution is 2.10. The molecule has 0 aliphatic carbocycles. The molecule has 0 fully saturated rings. The molecule has 22 heavy (non-hydrogen) atoms. The maximum atomic E-state index is 12.2. The molecule has 0 spiro atoms. The summed E-state index contributed by atoms with van der Waals surface area (Å²) in [5.74, 6) is 0.892. The van der Waals surface area contributed by atoms with E-state index in [9.17, 15) is 4.79 Å². The lowest BCUT2D eigenvalue weighted by molar-refractivity contribution is -0.125. The van der Waals surface area contributed by atoms with Crippen LogP contribution < -0.4 is 11.1 Å². The maximum Gasteiger partial charge on any atom is 0.246 e. The van der Waals surface area contributed by atoms with Crippen LogP contribution in [-0.2, 0) is 4.79 Å². The molecule has 0 unspecified atom stereocenters. The zero-order valence-electron chi connectivity index (χ0n) is 13.9. The Hall–Kier alpha value is -1.88. The van der Waals surface area contributed by atoms with Crippen molar-refractivity contribution in [1.82, 2.24) is 10.2 Å². The van der Waals surface area contributed by atoms with Gasteiger partial charge in [0.1, 0.15) is 0 Å². The highest BCUT2D eigenvalue weighted by atomic mass is 16.2. The van der Waals surface area contributed by atoms with E-state index in [1.54, 1.807) is 6.08 Å². The molecule has 0 aromatic carbocycles. The number of carbonyl (C=O) groups excluding carboxylic acids is 1. The van der Waals surface area contributed by atoms with E-state index in [2.05, 4.69) is 23.3 Å². The first-order valence-corrected chi connectivity index (χ1v) is 7.80. The number of carbonyl (C=O) groups is 1. The smallest absolute Gasteiger partial charge is 0.246 e. The minimum absolute atomic E-state index is 0.0735. The van der Waals surface area contributed by atoms with Crippen LogP contribution in [0.5, 0.6) is 0 Å². The van der Waals surface area contributed by atoms with Crippen molar-refractivity contribution in [2.24, 2.45) is 10.7 Å². The molecule has 5 heteroatoms. The van der Waals surface area contributed by atoms with E-state index < -0.39 is 0 Å². The standard InChI is InChI=1S/C17H28N4O/c1-14-5-4-11-21(12-8-14)17(22)7-6-15(2)13-20-16(3)19-10-9-18/h5-7,13H,4,8-12,18H2,1-3H3,(H,19,20)/b7-6+,15-13?. The molecule has 0 atom stereocenters. The second kappa shape index (κ2) is 9.95. The van der Waals surface area contributed by atoms with E-state index in [1.807, 2.05) is 31.0 Å². The fraction of sp³-hybridized carbons (Fsp3) is 0.529. The molecule has 1 aliphatic rings. The Kier molecular flexibility index (Phi) is 8.22. The van der Waals surface area contributed by atoms with Crippen molar-refractivity contribution < 1.29 is 4.79 Å². The number of allylic oxidation sites excluding steroid dienone is 2. The minimum atomic E-state index is 0.0735. The zero-order chi connectivity index (χ0) is 16.4. The predicted octanol–water partition coefficient (Wildman–Crippen LogP) is 1.98. The van der Waals surface area contributed by atoms with Gasteiger partial charge in [0.2, 0.25) is 5.91 Å². The fourth-order valence-electron chi connectivity index (χ4n) is 2.06. The van der Waals surface area contributed by atoms with Crippen LogP contribution in [0.3, 0.4) is 0 Å². The van der Waals surface area contributed by atoms with Crippen molar-refractivity contribution in [3.63, 3.8) is 0 Å². The molecule has 1 heterocycles. The van der Waals surface area contributed by atoms with E-state index >= 15 is 0 Å². The number of nitrogens with two attached hydrogens (primary N) is 1. The second-order valence-corrected chi connectivity index (χ2v) is 5.54. The zero-order valence-corrected chi connectivity index (χ0v) is 13.9. The molecule has 0 aromatic rings. The van der Waals surface area contributed by atoms with Gasteiger partial charge in [-0.25, -0.2) is 0 Å². The van der Waals surface area contributed by atoms with Gasteiger partial charge in [-0.3, -0.25) is 9.79 Å². The van der Waals surface area contributed by atoms with Crippen molar-refractivity contribution in [2.75, 3.05) is 26.2 Å². The van der Waals surface area contributed by atoms with E-state index in [4.69, 9.17) is 5.73 Å². The Morgan fingerprint density at radius 1 is 1.41 bits per heavy atom. The third-order valence-corrected chi connectivity index (χ3v) is 3.46. The highest BCUT2D eigenvalue weighted by Gasteiger charge is 2.12. The summed E-state index contributed by atoms with van der Waals surface area (Å²) in [5, 5.41) is 3.08. The molecule has 5 nitrogen and oxygen atoms in total. The van der Waals surface area contributed by atoms with Crippen molar-refractivity contribution in [2.45, 2.75) is 33.6 Å². The summed E-state index contributed by atoms with van der Waals surface area (Å²) < 4.78 is 0. The Morgan fingerprint density at radius 3 is 2.91 bits per heavy atom. The topological polar surface area (TPSA) is 70.7 Å². The number of amides is 1. The Morgan fingerprint density at radius 2 is 2.18 bits per heavy atom. The van der Waals surface area contributed by atoms with Gasteiger partial charge in [-0.1, -0.05) is 17.7 Å². The largest absolute Gasteiger partial charge is 0.350 e. The quantitative estimate of drug-likeness (QED) is 0.268. The number of hydrogen-bond acceptors (Lipinski definition) is 3. The van der Waals surface area contributed by atoms with E-state index in [1.165, 1.54) is 5.57 Å². The van der Waals surface area contributed by atoms with Crippen LogP contribution in [0.2, 0.25) is 0 Å². The van der Waals surface area contributed by atoms with Crippen LogP contribution in [-0.4, -0.2) is 42.8 Å². The first kappa shape index (κ1) is 18.2. The van der Waals surface area contributed by atoms with Gasteiger partial charge in [-0.2, -0.15) is 0 Å². The third kappa shape index (κ3) is 7.22. The molecular weight excluding hydrogens is 276 g/mol. The number of aliphatic imine (C=N–C) groups is 1. The second-order valence-electron chi connectivity index (χ2n) is 5.54. The minimum Gasteiger partial charge on any atom is -0.350 e. The molecule has 1 amide bonds. The first-order valence-electron chi connectivity index (χ1n) is 7.80. The van der Waals surface area contributed by atoms with Crippen LogP contribution in [0.25, 0.3) is 0 Å². The van der Waals surface area contributed by atoms with Gasteiger partial charge in [0.15, 0.2) is 0 Å². The summed E-state index contributed by atoms with van der Waals surface area (Å²) >= 11 is 0. The fourth-order valence-corrected chi connectivity index (χ4v) is 2.06. The SMILES string of the molecule is CC(=CNC(C)=NCCN)/C=C/C(=O)N1CCC=C(C)CC1. The van der Waals surface area contributed by atoms with Crippen molar-refractivity contribution in [1.29, 1.82) is 0 Å². The lowest BCUT2D eigenvalue weighted by atomic mass is 10.2. The van der Waals surface area contributed by atoms with Gasteiger partial charge >= 0.3 is 0 Å². The summed E-state index contributed by atoms with van der Waals surface area (Å²) in [7, 11) is 0. The lowest BCUT2D eigenvalue weighted by Crippen LogP contribution is -2.30. The van der Waals surface area contributed by atoms with Gasteiger partial charge in [-0.05, 0) is 39.2 Å². The molecule has 0 saturated carbocycles. The van der Waals surface area contributed by atoms with Gasteiger partial charge in [0.25, 0.3) is 0 Å². The molecular formula is C17H28N4O. The maximum absolute atomic E-state index is 12.2. The number of nitrogens with one attached hydrogen (secondary N) is 1. The molecule has 0 bridgehead atoms. The summed E-state index contributed by atoms with van der Waals surface area (Å²) in [6, 6.07) is 0.